The molecule has 0 aromatic rings. The molecule has 5 N–H and O–H groups in total. The largest absolute Gasteiger partial charge is 0.477 e. The number of carboxylic acid groups (broad SMARTS) is 1. The fourth-order valence-electron chi connectivity index (χ4n) is 1.00. The van der Waals surface area contributed by atoms with Gasteiger partial charge in [0, 0.05) is 6.42 Å². The van der Waals surface area contributed by atoms with Gasteiger partial charge in [0.15, 0.2) is 0 Å². The van der Waals surface area contributed by atoms with Crippen molar-refractivity contribution < 1.29 is 19.4 Å². The third kappa shape index (κ3) is 3.46. The highest BCUT2D eigenvalue weighted by Gasteiger charge is 2.38. The molecular weight excluding hydrogens is 212 g/mol. The minimum atomic E-state index is -1.98. The number of carbonyl (C=O) groups excluding carboxylic acids is 1. The molecule has 0 saturated carbocycles. The normalized spacial score (nSPS) is 18.3. The Labute approximate surface area is 94.9 Å². The Balaban J connectivity index is 4.60. The van der Waals surface area contributed by atoms with Gasteiger partial charge in [0.2, 0.25) is 0 Å². The number of rotatable bonds is 6. The molecule has 0 rings (SSSR count). The SMILES string of the molecule is CCC(C)C(N)C(=O)OC(N)(CC)C(=O)O. The molecule has 0 aliphatic carbocycles. The van der Waals surface area contributed by atoms with Crippen LogP contribution in [0.15, 0.2) is 0 Å². The van der Waals surface area contributed by atoms with E-state index >= 15 is 0 Å². The Bertz CT molecular complexity index is 270. The number of carbonyl (C=O) groups is 2. The number of hydrogen-bond acceptors (Lipinski definition) is 5. The fraction of sp³-hybridized carbons (Fsp3) is 0.800. The Morgan fingerprint density at radius 3 is 2.25 bits per heavy atom. The van der Waals surface area contributed by atoms with Crippen molar-refractivity contribution in [2.45, 2.75) is 45.4 Å². The number of ether oxygens (including phenoxy) is 1. The summed E-state index contributed by atoms with van der Waals surface area (Å²) in [6.45, 7) is 5.19. The van der Waals surface area contributed by atoms with Crippen LogP contribution in [0.5, 0.6) is 0 Å². The molecule has 3 atom stereocenters. The Morgan fingerprint density at radius 2 is 1.94 bits per heavy atom. The van der Waals surface area contributed by atoms with Crippen molar-refractivity contribution in [3.8, 4) is 0 Å². The molecule has 0 fully saturated rings. The number of aliphatic carboxylic acids is 1. The number of nitrogens with two attached hydrogens (primary N) is 2. The van der Waals surface area contributed by atoms with Gasteiger partial charge in [-0.15, -0.1) is 0 Å². The summed E-state index contributed by atoms with van der Waals surface area (Å²) in [7, 11) is 0. The maximum Gasteiger partial charge on any atom is 0.363 e. The number of carboxylic acids is 1. The Kier molecular flexibility index (Phi) is 5.40. The van der Waals surface area contributed by atoms with Crippen LogP contribution in [-0.2, 0) is 14.3 Å². The van der Waals surface area contributed by atoms with Crippen molar-refractivity contribution in [1.82, 2.24) is 0 Å². The highest BCUT2D eigenvalue weighted by Crippen LogP contribution is 2.13. The van der Waals surface area contributed by atoms with E-state index in [-0.39, 0.29) is 12.3 Å². The minimum absolute atomic E-state index is 0.0126. The molecule has 6 nitrogen and oxygen atoms in total. The van der Waals surface area contributed by atoms with Crippen molar-refractivity contribution in [2.24, 2.45) is 17.4 Å². The summed E-state index contributed by atoms with van der Waals surface area (Å²) in [5.41, 5.74) is 9.05. The van der Waals surface area contributed by atoms with Crippen molar-refractivity contribution >= 4 is 11.9 Å². The summed E-state index contributed by atoms with van der Waals surface area (Å²) in [4.78, 5) is 22.3. The topological polar surface area (TPSA) is 116 Å². The van der Waals surface area contributed by atoms with E-state index in [0.29, 0.717) is 6.42 Å². The summed E-state index contributed by atoms with van der Waals surface area (Å²) >= 11 is 0. The second-order valence-corrected chi connectivity index (χ2v) is 3.88. The summed E-state index contributed by atoms with van der Waals surface area (Å²) in [6.07, 6.45) is 0.689. The van der Waals surface area contributed by atoms with Crippen LogP contribution in [0.25, 0.3) is 0 Å². The van der Waals surface area contributed by atoms with Crippen LogP contribution in [0.2, 0.25) is 0 Å². The van der Waals surface area contributed by atoms with Crippen LogP contribution < -0.4 is 11.5 Å². The molecule has 0 radical (unpaired) electrons. The molecule has 0 amide bonds. The van der Waals surface area contributed by atoms with Gasteiger partial charge in [-0.1, -0.05) is 27.2 Å². The average molecular weight is 232 g/mol. The summed E-state index contributed by atoms with van der Waals surface area (Å²) in [5.74, 6) is -2.23. The van der Waals surface area contributed by atoms with Gasteiger partial charge in [0.25, 0.3) is 5.72 Å². The van der Waals surface area contributed by atoms with Gasteiger partial charge in [-0.2, -0.15) is 0 Å². The van der Waals surface area contributed by atoms with Gasteiger partial charge in [-0.3, -0.25) is 10.5 Å². The lowest BCUT2D eigenvalue weighted by Gasteiger charge is -2.26. The van der Waals surface area contributed by atoms with E-state index in [4.69, 9.17) is 21.3 Å². The zero-order chi connectivity index (χ0) is 12.9. The van der Waals surface area contributed by atoms with Crippen molar-refractivity contribution in [2.75, 3.05) is 0 Å². The maximum absolute atomic E-state index is 11.5. The number of hydrogen-bond donors (Lipinski definition) is 3. The lowest BCUT2D eigenvalue weighted by atomic mass is 10.0. The zero-order valence-corrected chi connectivity index (χ0v) is 9.90. The van der Waals surface area contributed by atoms with Gasteiger partial charge < -0.3 is 15.6 Å². The van der Waals surface area contributed by atoms with Crippen LogP contribution in [0.3, 0.4) is 0 Å². The molecule has 6 heteroatoms. The van der Waals surface area contributed by atoms with Crippen LogP contribution in [0.4, 0.5) is 0 Å². The monoisotopic (exact) mass is 232 g/mol. The van der Waals surface area contributed by atoms with E-state index in [1.165, 1.54) is 6.92 Å². The molecule has 3 unspecified atom stereocenters. The molecule has 0 saturated heterocycles. The van der Waals surface area contributed by atoms with Crippen LogP contribution in [-0.4, -0.2) is 28.8 Å². The van der Waals surface area contributed by atoms with E-state index in [1.54, 1.807) is 6.92 Å². The predicted molar refractivity (Wildman–Crippen MR) is 58.4 cm³/mol. The predicted octanol–water partition coefficient (Wildman–Crippen LogP) is 0.0526. The standard InChI is InChI=1S/C10H20N2O4/c1-4-6(3)7(11)8(13)16-10(12,5-2)9(14)15/h6-7H,4-5,11-12H2,1-3H3,(H,14,15). The second-order valence-electron chi connectivity index (χ2n) is 3.88. The van der Waals surface area contributed by atoms with Crippen LogP contribution in [0, 0.1) is 5.92 Å². The van der Waals surface area contributed by atoms with Gasteiger partial charge >= 0.3 is 11.9 Å². The first kappa shape index (κ1) is 14.9. The summed E-state index contributed by atoms with van der Waals surface area (Å²) in [5, 5.41) is 8.82. The van der Waals surface area contributed by atoms with Gasteiger partial charge in [-0.25, -0.2) is 4.79 Å². The highest BCUT2D eigenvalue weighted by atomic mass is 16.6. The van der Waals surface area contributed by atoms with E-state index in [9.17, 15) is 9.59 Å². The second kappa shape index (κ2) is 5.81. The van der Waals surface area contributed by atoms with E-state index in [2.05, 4.69) is 0 Å². The van der Waals surface area contributed by atoms with Gasteiger partial charge in [0.1, 0.15) is 6.04 Å². The zero-order valence-electron chi connectivity index (χ0n) is 9.90. The molecule has 0 heterocycles. The molecule has 0 spiro atoms. The molecule has 0 aliphatic rings. The molecular formula is C10H20N2O4. The summed E-state index contributed by atoms with van der Waals surface area (Å²) in [6, 6.07) is -0.848. The quantitative estimate of drug-likeness (QED) is 0.440. The molecule has 0 aromatic heterocycles. The van der Waals surface area contributed by atoms with E-state index < -0.39 is 23.7 Å². The smallest absolute Gasteiger partial charge is 0.363 e. The van der Waals surface area contributed by atoms with Gasteiger partial charge in [0.05, 0.1) is 0 Å². The first-order chi connectivity index (χ1) is 7.28. The third-order valence-corrected chi connectivity index (χ3v) is 2.70. The molecule has 0 bridgehead atoms. The van der Waals surface area contributed by atoms with Crippen LogP contribution in [0.1, 0.15) is 33.6 Å². The molecule has 94 valence electrons. The van der Waals surface area contributed by atoms with Crippen molar-refractivity contribution in [3.63, 3.8) is 0 Å². The minimum Gasteiger partial charge on any atom is -0.477 e. The highest BCUT2D eigenvalue weighted by molar-refractivity contribution is 5.83. The van der Waals surface area contributed by atoms with Gasteiger partial charge in [-0.05, 0) is 5.92 Å². The third-order valence-electron chi connectivity index (χ3n) is 2.70. The number of esters is 1. The Morgan fingerprint density at radius 1 is 1.44 bits per heavy atom. The van der Waals surface area contributed by atoms with Crippen LogP contribution >= 0.6 is 0 Å². The van der Waals surface area contributed by atoms with Crippen molar-refractivity contribution in [1.29, 1.82) is 0 Å². The van der Waals surface area contributed by atoms with E-state index in [0.717, 1.165) is 0 Å². The fourth-order valence-corrected chi connectivity index (χ4v) is 1.00. The molecule has 16 heavy (non-hydrogen) atoms. The first-order valence-electron chi connectivity index (χ1n) is 5.29. The molecule has 0 aromatic carbocycles. The average Bonchev–Trinajstić information content (AvgIpc) is 2.26. The lowest BCUT2D eigenvalue weighted by molar-refractivity contribution is -0.180. The lowest BCUT2D eigenvalue weighted by Crippen LogP contribution is -2.54. The summed E-state index contributed by atoms with van der Waals surface area (Å²) < 4.78 is 4.75. The Hall–Kier alpha value is -1.14. The maximum atomic E-state index is 11.5. The molecule has 0 aliphatic heterocycles. The van der Waals surface area contributed by atoms with Crippen molar-refractivity contribution in [3.05, 3.63) is 0 Å². The first-order valence-corrected chi connectivity index (χ1v) is 5.29. The van der Waals surface area contributed by atoms with E-state index in [1.807, 2.05) is 6.92 Å².